The Hall–Kier alpha value is -3.30. The number of benzene rings is 2. The maximum Gasteiger partial charge on any atom is 0.373 e. The number of hydrogen-bond acceptors (Lipinski definition) is 7. The van der Waals surface area contributed by atoms with Crippen molar-refractivity contribution in [2.24, 2.45) is 0 Å². The van der Waals surface area contributed by atoms with Crippen LogP contribution in [0.4, 0.5) is 17.2 Å². The lowest BCUT2D eigenvalue weighted by atomic mass is 10.2. The molecule has 0 radical (unpaired) electrons. The molecule has 8 nitrogen and oxygen atoms in total. The number of pyridine rings is 1. The van der Waals surface area contributed by atoms with Crippen LogP contribution in [0.3, 0.4) is 0 Å². The molecule has 0 aliphatic carbocycles. The number of nitrogens with zero attached hydrogens (tertiary/aromatic N) is 4. The second-order valence-corrected chi connectivity index (χ2v) is 7.05. The van der Waals surface area contributed by atoms with E-state index in [4.69, 9.17) is 16.3 Å². The average molecular weight is 473 g/mol. The number of para-hydroxylation sites is 1. The maximum absolute atomic E-state index is 11.8. The minimum Gasteiger partial charge on any atom is -0.431 e. The lowest BCUT2D eigenvalue weighted by molar-refractivity contribution is -0.385. The molecule has 1 N–H and O–H groups in total. The third-order valence-electron chi connectivity index (χ3n) is 3.98. The Kier molecular flexibility index (Phi) is 5.24. The maximum atomic E-state index is 11.8. The second kappa shape index (κ2) is 7.98. The zero-order valence-corrected chi connectivity index (χ0v) is 16.9. The van der Waals surface area contributed by atoms with E-state index >= 15 is 0 Å². The summed E-state index contributed by atoms with van der Waals surface area (Å²) in [6, 6.07) is 13.9. The Morgan fingerprint density at radius 2 is 1.90 bits per heavy atom. The molecule has 0 saturated heterocycles. The second-order valence-electron chi connectivity index (χ2n) is 5.79. The fourth-order valence-corrected chi connectivity index (χ4v) is 3.32. The van der Waals surface area contributed by atoms with Gasteiger partial charge in [-0.15, -0.1) is 0 Å². The predicted molar refractivity (Wildman–Crippen MR) is 113 cm³/mol. The van der Waals surface area contributed by atoms with Gasteiger partial charge in [0.1, 0.15) is 11.8 Å². The van der Waals surface area contributed by atoms with Gasteiger partial charge in [-0.1, -0.05) is 45.7 Å². The van der Waals surface area contributed by atoms with Gasteiger partial charge in [0.15, 0.2) is 5.75 Å². The van der Waals surface area contributed by atoms with Crippen LogP contribution in [0.1, 0.15) is 0 Å². The van der Waals surface area contributed by atoms with E-state index in [-0.39, 0.29) is 11.7 Å². The van der Waals surface area contributed by atoms with Crippen LogP contribution < -0.4 is 10.1 Å². The van der Waals surface area contributed by atoms with Crippen molar-refractivity contribution >= 4 is 55.6 Å². The van der Waals surface area contributed by atoms with Crippen molar-refractivity contribution in [3.63, 3.8) is 0 Å². The predicted octanol–water partition coefficient (Wildman–Crippen LogP) is 5.88. The van der Waals surface area contributed by atoms with Crippen LogP contribution in [0.5, 0.6) is 11.6 Å². The standard InChI is InChI=1S/C19H11BrClN5O3/c20-12-7-8-15(16-11(12)4-3-9-22-16)29-19-17(26(27)28)18(23-10-24-19)25-14-6-2-1-5-13(14)21/h1-10H,(H,23,24,25). The molecule has 0 bridgehead atoms. The first-order valence-corrected chi connectivity index (χ1v) is 9.43. The number of rotatable bonds is 5. The Labute approximate surface area is 177 Å². The lowest BCUT2D eigenvalue weighted by Gasteiger charge is -2.11. The lowest BCUT2D eigenvalue weighted by Crippen LogP contribution is -2.04. The molecule has 0 aliphatic rings. The molecule has 0 aliphatic heterocycles. The molecule has 0 amide bonds. The third kappa shape index (κ3) is 3.82. The topological polar surface area (TPSA) is 103 Å². The van der Waals surface area contributed by atoms with Crippen LogP contribution in [0.2, 0.25) is 5.02 Å². The summed E-state index contributed by atoms with van der Waals surface area (Å²) in [7, 11) is 0. The summed E-state index contributed by atoms with van der Waals surface area (Å²) >= 11 is 9.59. The summed E-state index contributed by atoms with van der Waals surface area (Å²) in [6.07, 6.45) is 2.79. The van der Waals surface area contributed by atoms with Crippen molar-refractivity contribution in [1.82, 2.24) is 15.0 Å². The number of nitro groups is 1. The number of anilines is 2. The van der Waals surface area contributed by atoms with Gasteiger partial charge < -0.3 is 10.1 Å². The summed E-state index contributed by atoms with van der Waals surface area (Å²) in [5.41, 5.74) is 0.590. The normalized spacial score (nSPS) is 10.7. The highest BCUT2D eigenvalue weighted by Gasteiger charge is 2.26. The molecule has 2 aromatic heterocycles. The van der Waals surface area contributed by atoms with Gasteiger partial charge in [0, 0.05) is 16.1 Å². The van der Waals surface area contributed by atoms with Gasteiger partial charge >= 0.3 is 11.6 Å². The van der Waals surface area contributed by atoms with E-state index in [1.807, 2.05) is 6.07 Å². The number of nitrogens with one attached hydrogen (secondary N) is 1. The fourth-order valence-electron chi connectivity index (χ4n) is 2.68. The first-order chi connectivity index (χ1) is 14.0. The Bertz CT molecular complexity index is 1240. The van der Waals surface area contributed by atoms with Crippen molar-refractivity contribution in [3.05, 3.63) is 80.7 Å². The van der Waals surface area contributed by atoms with Gasteiger partial charge in [0.25, 0.3) is 0 Å². The molecule has 2 aromatic carbocycles. The molecule has 10 heteroatoms. The van der Waals surface area contributed by atoms with E-state index < -0.39 is 10.6 Å². The Balaban J connectivity index is 1.78. The molecule has 4 rings (SSSR count). The average Bonchev–Trinajstić information content (AvgIpc) is 2.72. The highest BCUT2D eigenvalue weighted by atomic mass is 79.9. The van der Waals surface area contributed by atoms with Crippen molar-refractivity contribution < 1.29 is 9.66 Å². The SMILES string of the molecule is O=[N+]([O-])c1c(Nc2ccccc2Cl)ncnc1Oc1ccc(Br)c2cccnc12. The van der Waals surface area contributed by atoms with Crippen LogP contribution in [0, 0.1) is 10.1 Å². The largest absolute Gasteiger partial charge is 0.431 e. The number of aromatic nitrogens is 3. The molecule has 29 heavy (non-hydrogen) atoms. The van der Waals surface area contributed by atoms with Gasteiger partial charge in [-0.05, 0) is 30.3 Å². The van der Waals surface area contributed by atoms with Gasteiger partial charge in [0.2, 0.25) is 5.82 Å². The smallest absolute Gasteiger partial charge is 0.373 e. The molecule has 144 valence electrons. The molecule has 0 spiro atoms. The molecule has 0 fully saturated rings. The van der Waals surface area contributed by atoms with Crippen LogP contribution in [0.25, 0.3) is 10.9 Å². The fraction of sp³-hybridized carbons (Fsp3) is 0. The van der Waals surface area contributed by atoms with Gasteiger partial charge in [-0.3, -0.25) is 15.1 Å². The number of halogens is 2. The van der Waals surface area contributed by atoms with E-state index in [9.17, 15) is 10.1 Å². The van der Waals surface area contributed by atoms with Crippen LogP contribution >= 0.6 is 27.5 Å². The molecule has 4 aromatic rings. The van der Waals surface area contributed by atoms with Gasteiger partial charge in [-0.2, -0.15) is 4.98 Å². The minimum atomic E-state index is -0.608. The van der Waals surface area contributed by atoms with Crippen LogP contribution in [-0.2, 0) is 0 Å². The molecular formula is C19H11BrClN5O3. The summed E-state index contributed by atoms with van der Waals surface area (Å²) in [5.74, 6) is 0.0746. The number of ether oxygens (including phenoxy) is 1. The number of fused-ring (bicyclic) bond motifs is 1. The van der Waals surface area contributed by atoms with Crippen LogP contribution in [0.15, 0.2) is 65.5 Å². The van der Waals surface area contributed by atoms with E-state index in [1.54, 1.807) is 48.7 Å². The minimum absolute atomic E-state index is 0.0394. The highest BCUT2D eigenvalue weighted by molar-refractivity contribution is 9.10. The van der Waals surface area contributed by atoms with E-state index in [0.29, 0.717) is 22.0 Å². The molecule has 0 saturated carbocycles. The highest BCUT2D eigenvalue weighted by Crippen LogP contribution is 2.39. The van der Waals surface area contributed by atoms with Gasteiger partial charge in [0.05, 0.1) is 15.6 Å². The zero-order chi connectivity index (χ0) is 20.4. The summed E-state index contributed by atoms with van der Waals surface area (Å²) in [5, 5.41) is 15.8. The van der Waals surface area contributed by atoms with E-state index in [1.165, 1.54) is 6.33 Å². The molecule has 0 atom stereocenters. The summed E-state index contributed by atoms with van der Waals surface area (Å²) in [4.78, 5) is 23.4. The molecular weight excluding hydrogens is 462 g/mol. The molecule has 0 unspecified atom stereocenters. The number of hydrogen-bond donors (Lipinski definition) is 1. The van der Waals surface area contributed by atoms with Crippen molar-refractivity contribution in [1.29, 1.82) is 0 Å². The quantitative estimate of drug-likeness (QED) is 0.285. The summed E-state index contributed by atoms with van der Waals surface area (Å²) in [6.45, 7) is 0. The monoisotopic (exact) mass is 471 g/mol. The van der Waals surface area contributed by atoms with Gasteiger partial charge in [-0.25, -0.2) is 4.98 Å². The van der Waals surface area contributed by atoms with Crippen molar-refractivity contribution in [2.45, 2.75) is 0 Å². The first-order valence-electron chi connectivity index (χ1n) is 8.26. The summed E-state index contributed by atoms with van der Waals surface area (Å²) < 4.78 is 6.62. The van der Waals surface area contributed by atoms with E-state index in [0.717, 1.165) is 9.86 Å². The third-order valence-corrected chi connectivity index (χ3v) is 5.01. The van der Waals surface area contributed by atoms with Crippen molar-refractivity contribution in [2.75, 3.05) is 5.32 Å². The van der Waals surface area contributed by atoms with Crippen molar-refractivity contribution in [3.8, 4) is 11.6 Å². The Morgan fingerprint density at radius 1 is 1.07 bits per heavy atom. The Morgan fingerprint density at radius 3 is 2.69 bits per heavy atom. The first kappa shape index (κ1) is 19.0. The van der Waals surface area contributed by atoms with Crippen LogP contribution in [-0.4, -0.2) is 19.9 Å². The van der Waals surface area contributed by atoms with E-state index in [2.05, 4.69) is 36.2 Å². The molecule has 2 heterocycles. The zero-order valence-electron chi connectivity index (χ0n) is 14.5.